The number of carboxylic acid groups (broad SMARTS) is 1. The van der Waals surface area contributed by atoms with Crippen molar-refractivity contribution >= 4 is 59.2 Å². The first kappa shape index (κ1) is 47.4. The minimum absolute atomic E-state index is 0.0323. The molecule has 0 unspecified atom stereocenters. The second kappa shape index (κ2) is 24.6. The summed E-state index contributed by atoms with van der Waals surface area (Å²) in [6, 6.07) is -6.34. The van der Waals surface area contributed by atoms with Crippen LogP contribution in [-0.2, 0) is 43.2 Å². The van der Waals surface area contributed by atoms with Crippen molar-refractivity contribution in [2.75, 3.05) is 52.5 Å². The van der Waals surface area contributed by atoms with Gasteiger partial charge in [0, 0.05) is 13.1 Å². The summed E-state index contributed by atoms with van der Waals surface area (Å²) in [6.45, 7) is -0.392. The van der Waals surface area contributed by atoms with Gasteiger partial charge in [-0.15, -0.1) is 0 Å². The number of nitrogens with two attached hydrogens (primary N) is 3. The zero-order chi connectivity index (χ0) is 41.7. The summed E-state index contributed by atoms with van der Waals surface area (Å²) in [5.74, 6) is -8.08. The largest absolute Gasteiger partial charge is 0.480 e. The van der Waals surface area contributed by atoms with Crippen LogP contribution >= 0.6 is 0 Å². The van der Waals surface area contributed by atoms with E-state index in [4.69, 9.17) is 22.3 Å². The van der Waals surface area contributed by atoms with Crippen molar-refractivity contribution in [1.29, 1.82) is 0 Å². The quantitative estimate of drug-likeness (QED) is 0.0246. The molecule has 0 aromatic carbocycles. The number of likely N-dealkylation sites (tertiary alicyclic amines) is 1. The minimum Gasteiger partial charge on any atom is -0.480 e. The van der Waals surface area contributed by atoms with Crippen molar-refractivity contribution < 1.29 is 58.5 Å². The highest BCUT2D eigenvalue weighted by Crippen LogP contribution is 2.20. The molecule has 1 rings (SSSR count). The van der Waals surface area contributed by atoms with E-state index in [9.17, 15) is 53.4 Å². The van der Waals surface area contributed by atoms with E-state index in [0.717, 1.165) is 0 Å². The molecule has 1 saturated heterocycles. The van der Waals surface area contributed by atoms with Gasteiger partial charge < -0.3 is 74.6 Å². The molecule has 16 N–H and O–H groups in total. The van der Waals surface area contributed by atoms with Crippen LogP contribution in [0.3, 0.4) is 0 Å². The third kappa shape index (κ3) is 17.8. The first-order valence-electron chi connectivity index (χ1n) is 17.4. The molecule has 0 aromatic rings. The predicted octanol–water partition coefficient (Wildman–Crippen LogP) is -7.61. The number of aliphatic hydroxyl groups is 2. The second-order valence-corrected chi connectivity index (χ2v) is 12.8. The van der Waals surface area contributed by atoms with E-state index >= 15 is 0 Å². The molecule has 1 aliphatic rings. The van der Waals surface area contributed by atoms with Gasteiger partial charge >= 0.3 is 5.97 Å². The molecule has 0 aliphatic carbocycles. The van der Waals surface area contributed by atoms with Gasteiger partial charge in [0.1, 0.15) is 36.8 Å². The zero-order valence-corrected chi connectivity index (χ0v) is 30.8. The first-order chi connectivity index (χ1) is 25.9. The lowest BCUT2D eigenvalue weighted by Gasteiger charge is -2.30. The van der Waals surface area contributed by atoms with Crippen LogP contribution in [0.25, 0.3) is 0 Å². The summed E-state index contributed by atoms with van der Waals surface area (Å²) in [4.78, 5) is 118. The number of nitrogens with one attached hydrogen (secondary N) is 7. The fraction of sp³-hybridized carbons (Fsp3) is 0.677. The topological polar surface area (TPSA) is 392 Å². The van der Waals surface area contributed by atoms with Gasteiger partial charge in [-0.2, -0.15) is 0 Å². The van der Waals surface area contributed by atoms with Crippen LogP contribution in [0, 0.1) is 5.92 Å². The average molecular weight is 787 g/mol. The normalized spacial score (nSPS) is 15.7. The molecule has 5 atom stereocenters. The molecule has 0 saturated carbocycles. The van der Waals surface area contributed by atoms with E-state index in [2.05, 4.69) is 42.2 Å². The Hall–Kier alpha value is -5.62. The monoisotopic (exact) mass is 786 g/mol. The summed E-state index contributed by atoms with van der Waals surface area (Å²) in [6.07, 6.45) is 1.07. The molecule has 1 heterocycles. The third-order valence-electron chi connectivity index (χ3n) is 7.87. The van der Waals surface area contributed by atoms with Crippen molar-refractivity contribution in [3.63, 3.8) is 0 Å². The number of nitrogens with zero attached hydrogens (tertiary/aromatic N) is 2. The molecule has 1 fully saturated rings. The van der Waals surface area contributed by atoms with Crippen LogP contribution in [-0.4, -0.2) is 162 Å². The zero-order valence-electron chi connectivity index (χ0n) is 30.8. The Kier molecular flexibility index (Phi) is 21.2. The number of carbonyl (C=O) groups excluding carboxylic acids is 8. The van der Waals surface area contributed by atoms with Gasteiger partial charge in [-0.25, -0.2) is 0 Å². The minimum atomic E-state index is -1.57. The van der Waals surface area contributed by atoms with Crippen LogP contribution in [0.4, 0.5) is 0 Å². The predicted molar refractivity (Wildman–Crippen MR) is 192 cm³/mol. The van der Waals surface area contributed by atoms with Crippen molar-refractivity contribution in [2.45, 2.75) is 76.2 Å². The maximum Gasteiger partial charge on any atom is 0.322 e. The Balaban J connectivity index is 2.94. The molecule has 55 heavy (non-hydrogen) atoms. The second-order valence-electron chi connectivity index (χ2n) is 12.8. The van der Waals surface area contributed by atoms with Gasteiger partial charge in [0.05, 0.1) is 32.8 Å². The molecule has 0 radical (unpaired) electrons. The Bertz CT molecular complexity index is 1410. The van der Waals surface area contributed by atoms with Gasteiger partial charge in [0.15, 0.2) is 5.96 Å². The van der Waals surface area contributed by atoms with E-state index in [0.29, 0.717) is 6.42 Å². The molecule has 0 spiro atoms. The molecule has 310 valence electrons. The number of rotatable bonds is 24. The SMILES string of the molecule is CC(C)C[C@H](NC(=O)CNC(=O)[C@H](CO)NC(=O)CNC(=O)[C@H](CO)NC(=O)CN)C(=O)N[C@@H](CCCN=C(N)N)C(=O)N1CCC[C@H]1C(=O)NCC(=O)O. The fourth-order valence-corrected chi connectivity index (χ4v) is 5.23. The van der Waals surface area contributed by atoms with E-state index in [1.165, 1.54) is 4.90 Å². The number of hydrogen-bond acceptors (Lipinski definition) is 13. The van der Waals surface area contributed by atoms with E-state index in [1.54, 1.807) is 13.8 Å². The summed E-state index contributed by atoms with van der Waals surface area (Å²) < 4.78 is 0. The summed E-state index contributed by atoms with van der Waals surface area (Å²) in [5, 5.41) is 43.9. The van der Waals surface area contributed by atoms with E-state index in [1.807, 2.05) is 0 Å². The molecule has 0 aromatic heterocycles. The van der Waals surface area contributed by atoms with Crippen molar-refractivity contribution in [3.8, 4) is 0 Å². The number of aliphatic carboxylic acids is 1. The Labute approximate surface area is 316 Å². The van der Waals surface area contributed by atoms with E-state index in [-0.39, 0.29) is 50.7 Å². The van der Waals surface area contributed by atoms with Crippen molar-refractivity contribution in [3.05, 3.63) is 0 Å². The van der Waals surface area contributed by atoms with Crippen LogP contribution in [0.2, 0.25) is 0 Å². The van der Waals surface area contributed by atoms with Gasteiger partial charge in [-0.1, -0.05) is 13.8 Å². The van der Waals surface area contributed by atoms with Crippen LogP contribution in [0.15, 0.2) is 4.99 Å². The third-order valence-corrected chi connectivity index (χ3v) is 7.87. The number of guanidine groups is 1. The molecule has 24 heteroatoms. The molecule has 0 bridgehead atoms. The number of hydrogen-bond donors (Lipinski definition) is 13. The Morgan fingerprint density at radius 2 is 1.29 bits per heavy atom. The first-order valence-corrected chi connectivity index (χ1v) is 17.4. The number of carbonyl (C=O) groups is 9. The van der Waals surface area contributed by atoms with Gasteiger partial charge in [0.25, 0.3) is 0 Å². The van der Waals surface area contributed by atoms with Gasteiger partial charge in [-0.3, -0.25) is 48.1 Å². The average Bonchev–Trinajstić information content (AvgIpc) is 3.63. The number of aliphatic hydroxyl groups excluding tert-OH is 2. The van der Waals surface area contributed by atoms with Crippen LogP contribution < -0.4 is 54.4 Å². The lowest BCUT2D eigenvalue weighted by molar-refractivity contribution is -0.143. The maximum absolute atomic E-state index is 13.7. The lowest BCUT2D eigenvalue weighted by Crippen LogP contribution is -2.58. The Morgan fingerprint density at radius 1 is 0.745 bits per heavy atom. The summed E-state index contributed by atoms with van der Waals surface area (Å²) in [7, 11) is 0. The van der Waals surface area contributed by atoms with Crippen LogP contribution in [0.5, 0.6) is 0 Å². The highest BCUT2D eigenvalue weighted by atomic mass is 16.4. The molecule has 1 aliphatic heterocycles. The number of aliphatic imine (C=N–C) groups is 1. The van der Waals surface area contributed by atoms with Crippen molar-refractivity contribution in [2.24, 2.45) is 28.1 Å². The summed E-state index contributed by atoms with van der Waals surface area (Å²) >= 11 is 0. The molecular formula is C31H54N12O12. The van der Waals surface area contributed by atoms with E-state index < -0.39 is 123 Å². The lowest BCUT2D eigenvalue weighted by atomic mass is 10.0. The Morgan fingerprint density at radius 3 is 1.78 bits per heavy atom. The molecular weight excluding hydrogens is 732 g/mol. The highest BCUT2D eigenvalue weighted by molar-refractivity contribution is 5.96. The van der Waals surface area contributed by atoms with Crippen molar-refractivity contribution in [1.82, 2.24) is 42.1 Å². The smallest absolute Gasteiger partial charge is 0.322 e. The van der Waals surface area contributed by atoms with Crippen LogP contribution in [0.1, 0.15) is 46.0 Å². The standard InChI is InChI=1S/C31H54N12O12/c1-16(2)9-18(39-23(47)11-36-27(52)20(15-45)41-24(48)12-37-26(51)19(14-44)40-22(46)10-32)28(53)42-17(5-3-7-35-31(33)34)30(55)43-8-4-6-21(43)29(54)38-13-25(49)50/h16-21,44-45H,3-15,32H2,1-2H3,(H,36,52)(H,37,51)(H,38,54)(H,39,47)(H,40,46)(H,41,48)(H,42,53)(H,49,50)(H4,33,34,35)/t17-,18-,19-,20-,21-/m0/s1. The summed E-state index contributed by atoms with van der Waals surface area (Å²) in [5.41, 5.74) is 15.9. The van der Waals surface area contributed by atoms with Gasteiger partial charge in [0.2, 0.25) is 47.3 Å². The molecule has 24 nitrogen and oxygen atoms in total. The maximum atomic E-state index is 13.7. The molecule has 8 amide bonds. The number of carboxylic acids is 1. The number of amides is 8. The van der Waals surface area contributed by atoms with Gasteiger partial charge in [-0.05, 0) is 38.0 Å². The fourth-order valence-electron chi connectivity index (χ4n) is 5.23. The highest BCUT2D eigenvalue weighted by Gasteiger charge is 2.38.